The first kappa shape index (κ1) is 10.0. The maximum atomic E-state index is 10.8. The summed E-state index contributed by atoms with van der Waals surface area (Å²) in [5.41, 5.74) is 1.54. The molecule has 0 aliphatic heterocycles. The Kier molecular flexibility index (Phi) is 3.28. The molecule has 0 aliphatic carbocycles. The normalized spacial score (nSPS) is 9.77. The molecule has 2 N–H and O–H groups in total. The van der Waals surface area contributed by atoms with Crippen LogP contribution < -0.4 is 5.32 Å². The summed E-state index contributed by atoms with van der Waals surface area (Å²) >= 11 is 5.73. The Morgan fingerprint density at radius 1 is 1.62 bits per heavy atom. The average molecular weight is 200 g/mol. The molecule has 0 saturated heterocycles. The van der Waals surface area contributed by atoms with Crippen LogP contribution in [0.1, 0.15) is 5.56 Å². The lowest BCUT2D eigenvalue weighted by atomic mass is 10.2. The Labute approximate surface area is 81.3 Å². The van der Waals surface area contributed by atoms with Crippen molar-refractivity contribution in [2.75, 3.05) is 11.9 Å². The smallest absolute Gasteiger partial charge is 0.250 e. The van der Waals surface area contributed by atoms with E-state index in [2.05, 4.69) is 5.32 Å². The van der Waals surface area contributed by atoms with Gasteiger partial charge >= 0.3 is 0 Å². The fourth-order valence-electron chi connectivity index (χ4n) is 0.957. The zero-order chi connectivity index (χ0) is 9.84. The van der Waals surface area contributed by atoms with E-state index in [0.29, 0.717) is 10.7 Å². The SMILES string of the molecule is Cc1cc(Cl)ccc1NC(=O)CO. The molecule has 0 aliphatic rings. The topological polar surface area (TPSA) is 49.3 Å². The van der Waals surface area contributed by atoms with Crippen molar-refractivity contribution in [2.24, 2.45) is 0 Å². The molecule has 1 aromatic carbocycles. The summed E-state index contributed by atoms with van der Waals surface area (Å²) in [5.74, 6) is -0.426. The van der Waals surface area contributed by atoms with E-state index < -0.39 is 12.5 Å². The Balaban J connectivity index is 2.83. The molecule has 0 spiro atoms. The number of aliphatic hydroxyl groups excluding tert-OH is 1. The van der Waals surface area contributed by atoms with E-state index in [0.717, 1.165) is 5.56 Å². The van der Waals surface area contributed by atoms with Crippen LogP contribution in [-0.4, -0.2) is 17.6 Å². The van der Waals surface area contributed by atoms with Gasteiger partial charge < -0.3 is 10.4 Å². The number of anilines is 1. The summed E-state index contributed by atoms with van der Waals surface area (Å²) in [5, 5.41) is 11.7. The number of carbonyl (C=O) groups excluding carboxylic acids is 1. The van der Waals surface area contributed by atoms with Gasteiger partial charge in [-0.1, -0.05) is 11.6 Å². The second kappa shape index (κ2) is 4.25. The first-order valence-electron chi connectivity index (χ1n) is 3.80. The molecule has 0 saturated carbocycles. The summed E-state index contributed by atoms with van der Waals surface area (Å²) < 4.78 is 0. The Bertz CT molecular complexity index is 325. The highest BCUT2D eigenvalue weighted by atomic mass is 35.5. The van der Waals surface area contributed by atoms with Gasteiger partial charge in [0.25, 0.3) is 0 Å². The van der Waals surface area contributed by atoms with Crippen LogP contribution in [-0.2, 0) is 4.79 Å². The molecule has 0 fully saturated rings. The zero-order valence-electron chi connectivity index (χ0n) is 7.17. The first-order valence-corrected chi connectivity index (χ1v) is 4.18. The third-order valence-electron chi connectivity index (χ3n) is 1.61. The summed E-state index contributed by atoms with van der Waals surface area (Å²) in [6.07, 6.45) is 0. The Morgan fingerprint density at radius 2 is 2.31 bits per heavy atom. The lowest BCUT2D eigenvalue weighted by Crippen LogP contribution is -2.15. The summed E-state index contributed by atoms with van der Waals surface area (Å²) in [6, 6.07) is 5.13. The molecule has 3 nitrogen and oxygen atoms in total. The zero-order valence-corrected chi connectivity index (χ0v) is 7.93. The van der Waals surface area contributed by atoms with Gasteiger partial charge in [0.2, 0.25) is 5.91 Å². The van der Waals surface area contributed by atoms with Crippen molar-refractivity contribution in [3.8, 4) is 0 Å². The van der Waals surface area contributed by atoms with Gasteiger partial charge in [-0.15, -0.1) is 0 Å². The minimum absolute atomic E-state index is 0.426. The summed E-state index contributed by atoms with van der Waals surface area (Å²) in [4.78, 5) is 10.8. The predicted molar refractivity (Wildman–Crippen MR) is 51.9 cm³/mol. The summed E-state index contributed by atoms with van der Waals surface area (Å²) in [7, 11) is 0. The van der Waals surface area contributed by atoms with E-state index in [1.807, 2.05) is 6.92 Å². The van der Waals surface area contributed by atoms with Crippen molar-refractivity contribution in [3.63, 3.8) is 0 Å². The van der Waals surface area contributed by atoms with Crippen LogP contribution in [0.3, 0.4) is 0 Å². The van der Waals surface area contributed by atoms with Crippen molar-refractivity contribution in [1.29, 1.82) is 0 Å². The van der Waals surface area contributed by atoms with Crippen LogP contribution in [0.5, 0.6) is 0 Å². The van der Waals surface area contributed by atoms with Crippen LogP contribution >= 0.6 is 11.6 Å². The molecule has 70 valence electrons. The standard InChI is InChI=1S/C9H10ClNO2/c1-6-4-7(10)2-3-8(6)11-9(13)5-12/h2-4,12H,5H2,1H3,(H,11,13). The van der Waals surface area contributed by atoms with Crippen molar-refractivity contribution in [3.05, 3.63) is 28.8 Å². The van der Waals surface area contributed by atoms with Crippen LogP contribution in [0.25, 0.3) is 0 Å². The predicted octanol–water partition coefficient (Wildman–Crippen LogP) is 1.58. The van der Waals surface area contributed by atoms with E-state index in [9.17, 15) is 4.79 Å². The third kappa shape index (κ3) is 2.72. The van der Waals surface area contributed by atoms with Gasteiger partial charge in [0.15, 0.2) is 0 Å². The van der Waals surface area contributed by atoms with E-state index in [1.54, 1.807) is 18.2 Å². The van der Waals surface area contributed by atoms with E-state index in [-0.39, 0.29) is 0 Å². The highest BCUT2D eigenvalue weighted by molar-refractivity contribution is 6.30. The van der Waals surface area contributed by atoms with Gasteiger partial charge in [0.1, 0.15) is 6.61 Å². The number of rotatable bonds is 2. The lowest BCUT2D eigenvalue weighted by Gasteiger charge is -2.06. The number of hydrogen-bond donors (Lipinski definition) is 2. The maximum Gasteiger partial charge on any atom is 0.250 e. The van der Waals surface area contributed by atoms with Gasteiger partial charge in [-0.2, -0.15) is 0 Å². The number of halogens is 1. The molecular formula is C9H10ClNO2. The number of hydrogen-bond acceptors (Lipinski definition) is 2. The fourth-order valence-corrected chi connectivity index (χ4v) is 1.18. The van der Waals surface area contributed by atoms with Crippen LogP contribution in [0.2, 0.25) is 5.02 Å². The monoisotopic (exact) mass is 199 g/mol. The van der Waals surface area contributed by atoms with Crippen molar-refractivity contribution >= 4 is 23.2 Å². The molecule has 0 unspecified atom stereocenters. The molecule has 1 rings (SSSR count). The van der Waals surface area contributed by atoms with E-state index in [4.69, 9.17) is 16.7 Å². The molecule has 1 aromatic rings. The number of amides is 1. The third-order valence-corrected chi connectivity index (χ3v) is 1.84. The molecule has 1 amide bonds. The second-order valence-corrected chi connectivity index (χ2v) is 3.10. The van der Waals surface area contributed by atoms with E-state index >= 15 is 0 Å². The minimum Gasteiger partial charge on any atom is -0.387 e. The molecule has 0 bridgehead atoms. The quantitative estimate of drug-likeness (QED) is 0.760. The summed E-state index contributed by atoms with van der Waals surface area (Å²) in [6.45, 7) is 1.32. The Hall–Kier alpha value is -1.06. The molecule has 0 radical (unpaired) electrons. The highest BCUT2D eigenvalue weighted by Crippen LogP contribution is 2.19. The van der Waals surface area contributed by atoms with Crippen molar-refractivity contribution in [2.45, 2.75) is 6.92 Å². The second-order valence-electron chi connectivity index (χ2n) is 2.67. The van der Waals surface area contributed by atoms with E-state index in [1.165, 1.54) is 0 Å². The number of aryl methyl sites for hydroxylation is 1. The van der Waals surface area contributed by atoms with Crippen molar-refractivity contribution in [1.82, 2.24) is 0 Å². The molecular weight excluding hydrogens is 190 g/mol. The number of benzene rings is 1. The van der Waals surface area contributed by atoms with Crippen LogP contribution in [0.4, 0.5) is 5.69 Å². The van der Waals surface area contributed by atoms with Crippen LogP contribution in [0.15, 0.2) is 18.2 Å². The maximum absolute atomic E-state index is 10.8. The number of nitrogens with one attached hydrogen (secondary N) is 1. The van der Waals surface area contributed by atoms with Gasteiger partial charge in [-0.05, 0) is 30.7 Å². The highest BCUT2D eigenvalue weighted by Gasteiger charge is 2.02. The minimum atomic E-state index is -0.512. The molecule has 0 heterocycles. The van der Waals surface area contributed by atoms with Gasteiger partial charge in [0.05, 0.1) is 0 Å². The van der Waals surface area contributed by atoms with Crippen molar-refractivity contribution < 1.29 is 9.90 Å². The molecule has 4 heteroatoms. The largest absolute Gasteiger partial charge is 0.387 e. The fraction of sp³-hybridized carbons (Fsp3) is 0.222. The lowest BCUT2D eigenvalue weighted by molar-refractivity contribution is -0.118. The molecule has 13 heavy (non-hydrogen) atoms. The average Bonchev–Trinajstić information content (AvgIpc) is 2.09. The van der Waals surface area contributed by atoms with Crippen LogP contribution in [0, 0.1) is 6.92 Å². The molecule has 0 aromatic heterocycles. The number of aliphatic hydroxyl groups is 1. The molecule has 0 atom stereocenters. The Morgan fingerprint density at radius 3 is 2.85 bits per heavy atom. The van der Waals surface area contributed by atoms with Gasteiger partial charge in [0, 0.05) is 10.7 Å². The first-order chi connectivity index (χ1) is 6.13. The van der Waals surface area contributed by atoms with Gasteiger partial charge in [-0.25, -0.2) is 0 Å². The number of carbonyl (C=O) groups is 1. The van der Waals surface area contributed by atoms with Gasteiger partial charge in [-0.3, -0.25) is 4.79 Å².